The second-order valence-electron chi connectivity index (χ2n) is 5.14. The smallest absolute Gasteiger partial charge is 0.233 e. The van der Waals surface area contributed by atoms with Gasteiger partial charge in [0.05, 0.1) is 6.04 Å². The van der Waals surface area contributed by atoms with Crippen LogP contribution in [0, 0.1) is 5.92 Å². The van der Waals surface area contributed by atoms with Gasteiger partial charge in [-0.1, -0.05) is 26.7 Å². The Morgan fingerprint density at radius 3 is 2.76 bits per heavy atom. The van der Waals surface area contributed by atoms with Gasteiger partial charge in [-0.25, -0.2) is 0 Å². The highest BCUT2D eigenvalue weighted by molar-refractivity contribution is 4.91. The molecule has 1 fully saturated rings. The molecule has 17 heavy (non-hydrogen) atoms. The number of hydrogen-bond donors (Lipinski definition) is 1. The Morgan fingerprint density at radius 1 is 1.35 bits per heavy atom. The standard InChI is InChI=1S/C13H23N3O/c1-4-12-15-16-13(17-12)10(3)14-11-8-6-5-7-9(11)2/h9-11,14H,4-8H2,1-3H3. The van der Waals surface area contributed by atoms with Crippen molar-refractivity contribution in [3.05, 3.63) is 11.8 Å². The average molecular weight is 237 g/mol. The quantitative estimate of drug-likeness (QED) is 0.874. The predicted molar refractivity (Wildman–Crippen MR) is 66.6 cm³/mol. The van der Waals surface area contributed by atoms with Crippen molar-refractivity contribution in [2.45, 2.75) is 65.0 Å². The second kappa shape index (κ2) is 5.63. The maximum Gasteiger partial charge on any atom is 0.233 e. The van der Waals surface area contributed by atoms with Gasteiger partial charge in [-0.3, -0.25) is 0 Å². The topological polar surface area (TPSA) is 51.0 Å². The predicted octanol–water partition coefficient (Wildman–Crippen LogP) is 2.86. The van der Waals surface area contributed by atoms with Crippen molar-refractivity contribution in [3.8, 4) is 0 Å². The maximum absolute atomic E-state index is 5.59. The summed E-state index contributed by atoms with van der Waals surface area (Å²) >= 11 is 0. The highest BCUT2D eigenvalue weighted by Gasteiger charge is 2.24. The molecule has 0 aliphatic heterocycles. The summed E-state index contributed by atoms with van der Waals surface area (Å²) in [7, 11) is 0. The highest BCUT2D eigenvalue weighted by atomic mass is 16.4. The molecule has 0 aromatic carbocycles. The van der Waals surface area contributed by atoms with Crippen LogP contribution in [0.15, 0.2) is 4.42 Å². The lowest BCUT2D eigenvalue weighted by molar-refractivity contribution is 0.249. The Labute approximate surface area is 103 Å². The van der Waals surface area contributed by atoms with E-state index in [1.165, 1.54) is 25.7 Å². The van der Waals surface area contributed by atoms with Crippen molar-refractivity contribution < 1.29 is 4.42 Å². The van der Waals surface area contributed by atoms with Gasteiger partial charge in [-0.05, 0) is 25.7 Å². The molecule has 1 aromatic rings. The third-order valence-electron chi connectivity index (χ3n) is 3.73. The molecule has 2 rings (SSSR count). The summed E-state index contributed by atoms with van der Waals surface area (Å²) in [6, 6.07) is 0.754. The van der Waals surface area contributed by atoms with E-state index in [9.17, 15) is 0 Å². The summed E-state index contributed by atoms with van der Waals surface area (Å²) in [6.45, 7) is 6.46. The number of hydrogen-bond acceptors (Lipinski definition) is 4. The summed E-state index contributed by atoms with van der Waals surface area (Å²) < 4.78 is 5.59. The molecule has 4 heteroatoms. The lowest BCUT2D eigenvalue weighted by Gasteiger charge is -2.31. The number of aromatic nitrogens is 2. The summed E-state index contributed by atoms with van der Waals surface area (Å²) in [5.41, 5.74) is 0. The van der Waals surface area contributed by atoms with Crippen LogP contribution in [0.25, 0.3) is 0 Å². The van der Waals surface area contributed by atoms with Crippen LogP contribution in [-0.2, 0) is 6.42 Å². The molecule has 3 atom stereocenters. The zero-order chi connectivity index (χ0) is 12.3. The Kier molecular flexibility index (Phi) is 4.15. The van der Waals surface area contributed by atoms with Crippen LogP contribution in [0.5, 0.6) is 0 Å². The van der Waals surface area contributed by atoms with E-state index in [1.54, 1.807) is 0 Å². The minimum Gasteiger partial charge on any atom is -0.424 e. The van der Waals surface area contributed by atoms with Crippen molar-refractivity contribution in [1.29, 1.82) is 0 Å². The first-order valence-electron chi connectivity index (χ1n) is 6.79. The van der Waals surface area contributed by atoms with E-state index in [-0.39, 0.29) is 6.04 Å². The molecule has 0 radical (unpaired) electrons. The van der Waals surface area contributed by atoms with E-state index >= 15 is 0 Å². The molecular formula is C13H23N3O. The summed E-state index contributed by atoms with van der Waals surface area (Å²) in [5.74, 6) is 2.20. The molecule has 1 aliphatic carbocycles. The number of nitrogens with zero attached hydrogens (tertiary/aromatic N) is 2. The molecule has 0 amide bonds. The monoisotopic (exact) mass is 237 g/mol. The fourth-order valence-electron chi connectivity index (χ4n) is 2.54. The van der Waals surface area contributed by atoms with Crippen molar-refractivity contribution in [1.82, 2.24) is 15.5 Å². The highest BCUT2D eigenvalue weighted by Crippen LogP contribution is 2.26. The largest absolute Gasteiger partial charge is 0.424 e. The molecule has 0 bridgehead atoms. The van der Waals surface area contributed by atoms with Crippen LogP contribution in [-0.4, -0.2) is 16.2 Å². The molecule has 1 N–H and O–H groups in total. The van der Waals surface area contributed by atoms with Gasteiger partial charge in [-0.2, -0.15) is 0 Å². The van der Waals surface area contributed by atoms with Gasteiger partial charge in [0.25, 0.3) is 0 Å². The van der Waals surface area contributed by atoms with Crippen LogP contribution in [0.1, 0.15) is 64.3 Å². The van der Waals surface area contributed by atoms with Crippen LogP contribution in [0.3, 0.4) is 0 Å². The van der Waals surface area contributed by atoms with E-state index in [1.807, 2.05) is 6.92 Å². The van der Waals surface area contributed by atoms with Crippen LogP contribution < -0.4 is 5.32 Å². The third kappa shape index (κ3) is 3.06. The summed E-state index contributed by atoms with van der Waals surface area (Å²) in [5, 5.41) is 11.7. The fraction of sp³-hybridized carbons (Fsp3) is 0.846. The van der Waals surface area contributed by atoms with E-state index < -0.39 is 0 Å². The Hall–Kier alpha value is -0.900. The second-order valence-corrected chi connectivity index (χ2v) is 5.14. The Morgan fingerprint density at radius 2 is 2.12 bits per heavy atom. The lowest BCUT2D eigenvalue weighted by atomic mass is 9.85. The summed E-state index contributed by atoms with van der Waals surface area (Å²) in [6.07, 6.45) is 6.10. The van der Waals surface area contributed by atoms with Crippen LogP contribution in [0.4, 0.5) is 0 Å². The fourth-order valence-corrected chi connectivity index (χ4v) is 2.54. The average Bonchev–Trinajstić information content (AvgIpc) is 2.81. The molecule has 4 nitrogen and oxygen atoms in total. The number of aryl methyl sites for hydroxylation is 1. The first-order valence-corrected chi connectivity index (χ1v) is 6.79. The zero-order valence-electron chi connectivity index (χ0n) is 11.1. The van der Waals surface area contributed by atoms with Gasteiger partial charge in [0.2, 0.25) is 11.8 Å². The van der Waals surface area contributed by atoms with Crippen LogP contribution in [0.2, 0.25) is 0 Å². The van der Waals surface area contributed by atoms with E-state index in [2.05, 4.69) is 29.4 Å². The van der Waals surface area contributed by atoms with E-state index in [4.69, 9.17) is 4.42 Å². The van der Waals surface area contributed by atoms with Crippen molar-refractivity contribution >= 4 is 0 Å². The zero-order valence-corrected chi connectivity index (χ0v) is 11.1. The first kappa shape index (κ1) is 12.6. The van der Waals surface area contributed by atoms with Gasteiger partial charge in [-0.15, -0.1) is 10.2 Å². The third-order valence-corrected chi connectivity index (χ3v) is 3.73. The van der Waals surface area contributed by atoms with E-state index in [0.29, 0.717) is 6.04 Å². The Balaban J connectivity index is 1.93. The minimum absolute atomic E-state index is 0.161. The van der Waals surface area contributed by atoms with Gasteiger partial charge >= 0.3 is 0 Å². The van der Waals surface area contributed by atoms with E-state index in [0.717, 1.165) is 24.1 Å². The van der Waals surface area contributed by atoms with Crippen LogP contribution >= 0.6 is 0 Å². The molecule has 0 spiro atoms. The molecule has 1 aromatic heterocycles. The Bertz CT molecular complexity index is 350. The molecule has 1 aliphatic rings. The van der Waals surface area contributed by atoms with Gasteiger partial charge < -0.3 is 9.73 Å². The first-order chi connectivity index (χ1) is 8.20. The molecule has 96 valence electrons. The normalized spacial score (nSPS) is 27.0. The van der Waals surface area contributed by atoms with Gasteiger partial charge in [0, 0.05) is 12.5 Å². The molecule has 1 saturated carbocycles. The van der Waals surface area contributed by atoms with Crippen molar-refractivity contribution in [2.24, 2.45) is 5.92 Å². The van der Waals surface area contributed by atoms with Crippen molar-refractivity contribution in [2.75, 3.05) is 0 Å². The molecular weight excluding hydrogens is 214 g/mol. The minimum atomic E-state index is 0.161. The number of nitrogens with one attached hydrogen (secondary N) is 1. The SMILES string of the molecule is CCc1nnc(C(C)NC2CCCCC2C)o1. The molecule has 3 unspecified atom stereocenters. The summed E-state index contributed by atoms with van der Waals surface area (Å²) in [4.78, 5) is 0. The van der Waals surface area contributed by atoms with Crippen molar-refractivity contribution in [3.63, 3.8) is 0 Å². The van der Waals surface area contributed by atoms with Gasteiger partial charge in [0.15, 0.2) is 0 Å². The molecule has 0 saturated heterocycles. The number of rotatable bonds is 4. The molecule has 1 heterocycles. The lowest BCUT2D eigenvalue weighted by Crippen LogP contribution is -2.38. The van der Waals surface area contributed by atoms with Gasteiger partial charge in [0.1, 0.15) is 0 Å². The maximum atomic E-state index is 5.59.